The molecule has 1 nitrogen and oxygen atoms in total. The van der Waals surface area contributed by atoms with Gasteiger partial charge in [0.25, 0.3) is 0 Å². The molecule has 1 aliphatic carbocycles. The number of phenolic OH excluding ortho intramolecular Hbond substituents is 1. The van der Waals surface area contributed by atoms with Crippen molar-refractivity contribution in [1.29, 1.82) is 0 Å². The molecule has 1 aromatic rings. The molecule has 24 heavy (non-hydrogen) atoms. The monoisotopic (exact) mass is 408 g/mol. The Bertz CT molecular complexity index is 400. The van der Waals surface area contributed by atoms with Crippen LogP contribution in [0.25, 0.3) is 0 Å². The fourth-order valence-corrected chi connectivity index (χ4v) is 1.45. The molecule has 4 heteroatoms. The van der Waals surface area contributed by atoms with Crippen LogP contribution < -0.4 is 0 Å². The van der Waals surface area contributed by atoms with Crippen molar-refractivity contribution in [2.24, 2.45) is 0 Å². The maximum absolute atomic E-state index is 9.45. The van der Waals surface area contributed by atoms with Crippen molar-refractivity contribution in [3.63, 3.8) is 0 Å². The van der Waals surface area contributed by atoms with E-state index in [0.717, 1.165) is 12.0 Å². The van der Waals surface area contributed by atoms with Crippen LogP contribution in [0.3, 0.4) is 0 Å². The van der Waals surface area contributed by atoms with E-state index in [9.17, 15) is 5.11 Å². The normalized spacial score (nSPS) is 9.54. The molecule has 0 spiro atoms. The first-order chi connectivity index (χ1) is 8.93. The molecule has 0 saturated carbocycles. The van der Waals surface area contributed by atoms with Crippen LogP contribution in [0.5, 0.6) is 5.75 Å². The zero-order valence-corrected chi connectivity index (χ0v) is 19.5. The molecule has 0 bridgehead atoms. The predicted molar refractivity (Wildman–Crippen MR) is 112 cm³/mol. The van der Waals surface area contributed by atoms with Crippen LogP contribution in [0.2, 0.25) is 0 Å². The van der Waals surface area contributed by atoms with Gasteiger partial charge in [-0.05, 0) is 17.0 Å². The number of halogens is 2. The van der Waals surface area contributed by atoms with Crippen molar-refractivity contribution in [2.45, 2.75) is 32.6 Å². The minimum atomic E-state index is -0.556. The molecule has 0 heterocycles. The van der Waals surface area contributed by atoms with E-state index in [-0.39, 0.29) is 42.5 Å². The number of para-hydroxylation sites is 1. The van der Waals surface area contributed by atoms with Gasteiger partial charge >= 0.3 is 35.6 Å². The van der Waals surface area contributed by atoms with Crippen LogP contribution in [0.4, 0.5) is 0 Å². The van der Waals surface area contributed by atoms with Gasteiger partial charge in [-0.1, -0.05) is 39.0 Å². The molecule has 0 atom stereocenters. The van der Waals surface area contributed by atoms with Gasteiger partial charge in [0.1, 0.15) is 5.75 Å². The summed E-state index contributed by atoms with van der Waals surface area (Å²) in [6, 6.07) is 7.46. The Morgan fingerprint density at radius 1 is 1.00 bits per heavy atom. The summed E-state index contributed by atoms with van der Waals surface area (Å²) in [6.07, 6.45) is 10.0. The number of hydrogen-bond acceptors (Lipinski definition) is 1. The van der Waals surface area contributed by atoms with E-state index >= 15 is 0 Å². The number of hydrogen-bond donors (Lipinski definition) is 1. The number of aromatic hydroxyl groups is 1. The SMILES string of the molecule is CC(C)(C)c1ccccc1O.[C-]1=CC=CC1.[CH3-].[CH3-].[CH3-].[CH3-].[CH3-].[Cl][Ti][Cl]. The van der Waals surface area contributed by atoms with Crippen molar-refractivity contribution >= 4 is 18.6 Å². The molecule has 144 valence electrons. The van der Waals surface area contributed by atoms with Crippen molar-refractivity contribution in [3.05, 3.63) is 91.3 Å². The third kappa shape index (κ3) is 19.8. The van der Waals surface area contributed by atoms with Gasteiger partial charge < -0.3 is 42.2 Å². The first-order valence-corrected chi connectivity index (χ1v) is 10.2. The summed E-state index contributed by atoms with van der Waals surface area (Å²) in [5.41, 5.74) is 1.03. The standard InChI is InChI=1S/C10H14O.C5H5.5CH3.2ClH.Ti/c1-10(2,3)8-6-4-5-7-9(8)11;1-2-4-5-3-1;;;;;;;;/h4-7,11H,1-3H3;1-3H,4H2;5*1H3;2*1H;/q;6*-1;;;+2/p-2. The Hall–Kier alpha value is -0.206. The van der Waals surface area contributed by atoms with Crippen LogP contribution in [-0.2, 0) is 22.4 Å². The Balaban J connectivity index is -0.0000000542. The molecule has 0 fully saturated rings. The molecule has 1 aliphatic rings. The molecule has 0 aliphatic heterocycles. The van der Waals surface area contributed by atoms with Crippen LogP contribution in [0, 0.1) is 43.2 Å². The van der Waals surface area contributed by atoms with E-state index in [1.165, 1.54) is 0 Å². The van der Waals surface area contributed by atoms with E-state index in [0.29, 0.717) is 5.75 Å². The van der Waals surface area contributed by atoms with Crippen LogP contribution in [0.15, 0.2) is 42.5 Å². The van der Waals surface area contributed by atoms with Crippen molar-refractivity contribution in [3.8, 4) is 5.75 Å². The third-order valence-corrected chi connectivity index (χ3v) is 2.30. The molecule has 0 saturated heterocycles. The van der Waals surface area contributed by atoms with Gasteiger partial charge in [-0.3, -0.25) is 6.08 Å². The summed E-state index contributed by atoms with van der Waals surface area (Å²) in [7, 11) is 9.78. The first kappa shape index (κ1) is 39.0. The fourth-order valence-electron chi connectivity index (χ4n) is 1.45. The molecular weight excluding hydrogens is 375 g/mol. The van der Waals surface area contributed by atoms with E-state index < -0.39 is 17.0 Å². The molecule has 0 aromatic heterocycles. The summed E-state index contributed by atoms with van der Waals surface area (Å²) in [6.45, 7) is 6.26. The molecule has 0 radical (unpaired) electrons. The maximum atomic E-state index is 9.45. The average Bonchev–Trinajstić information content (AvgIpc) is 2.87. The van der Waals surface area contributed by atoms with Gasteiger partial charge in [-0.15, -0.1) is 6.42 Å². The third-order valence-electron chi connectivity index (χ3n) is 2.30. The summed E-state index contributed by atoms with van der Waals surface area (Å²) in [5, 5.41) is 9.45. The summed E-state index contributed by atoms with van der Waals surface area (Å²) in [4.78, 5) is 0. The number of rotatable bonds is 0. The number of phenols is 1. The van der Waals surface area contributed by atoms with E-state index in [4.69, 9.17) is 18.6 Å². The van der Waals surface area contributed by atoms with Crippen LogP contribution in [0.1, 0.15) is 32.8 Å². The fraction of sp³-hybridized carbons (Fsp3) is 0.250. The molecule has 0 amide bonds. The van der Waals surface area contributed by atoms with Crippen LogP contribution >= 0.6 is 18.6 Å². The quantitative estimate of drug-likeness (QED) is 0.345. The molecule has 0 unspecified atom stereocenters. The van der Waals surface area contributed by atoms with E-state index in [1.807, 2.05) is 30.4 Å². The Kier molecular flexibility index (Phi) is 37.1. The molecule has 1 aromatic carbocycles. The summed E-state index contributed by atoms with van der Waals surface area (Å²) in [5.74, 6) is 0.389. The van der Waals surface area contributed by atoms with Crippen molar-refractivity contribution < 1.29 is 22.1 Å². The van der Waals surface area contributed by atoms with Crippen molar-refractivity contribution in [1.82, 2.24) is 0 Å². The second kappa shape index (κ2) is 22.8. The topological polar surface area (TPSA) is 20.2 Å². The molecular formula is C20H34Cl2OTi-6. The predicted octanol–water partition coefficient (Wildman–Crippen LogP) is 7.62. The molecule has 2 rings (SSSR count). The van der Waals surface area contributed by atoms with Gasteiger partial charge in [0, 0.05) is 0 Å². The zero-order chi connectivity index (χ0) is 14.7. The van der Waals surface area contributed by atoms with Crippen molar-refractivity contribution in [2.75, 3.05) is 0 Å². The van der Waals surface area contributed by atoms with E-state index in [2.05, 4.69) is 32.9 Å². The van der Waals surface area contributed by atoms with Gasteiger partial charge in [-0.2, -0.15) is 6.08 Å². The number of benzene rings is 1. The second-order valence-corrected chi connectivity index (χ2v) is 7.42. The minimum absolute atomic E-state index is 0. The summed E-state index contributed by atoms with van der Waals surface area (Å²) >= 11 is -0.556. The van der Waals surface area contributed by atoms with E-state index in [1.54, 1.807) is 6.07 Å². The second-order valence-electron chi connectivity index (χ2n) is 4.84. The summed E-state index contributed by atoms with van der Waals surface area (Å²) < 4.78 is 0. The Morgan fingerprint density at radius 3 is 1.67 bits per heavy atom. The number of allylic oxidation sites excluding steroid dienone is 4. The van der Waals surface area contributed by atoms with Crippen LogP contribution in [-0.4, -0.2) is 5.11 Å². The first-order valence-electron chi connectivity index (χ1n) is 5.90. The zero-order valence-electron chi connectivity index (χ0n) is 16.5. The van der Waals surface area contributed by atoms with Gasteiger partial charge in [0.2, 0.25) is 0 Å². The Morgan fingerprint density at radius 2 is 1.46 bits per heavy atom. The van der Waals surface area contributed by atoms with Gasteiger partial charge in [0.15, 0.2) is 0 Å². The van der Waals surface area contributed by atoms with Gasteiger partial charge in [0.05, 0.1) is 0 Å². The van der Waals surface area contributed by atoms with Gasteiger partial charge in [-0.25, -0.2) is 12.2 Å². The average molecular weight is 409 g/mol. The molecule has 1 N–H and O–H groups in total. The Labute approximate surface area is 169 Å².